The zero-order chi connectivity index (χ0) is 30.1. The number of benzene rings is 3. The van der Waals surface area contributed by atoms with Crippen LogP contribution in [-0.4, -0.2) is 64.7 Å². The predicted octanol–water partition coefficient (Wildman–Crippen LogP) is 3.81. The first kappa shape index (κ1) is 29.5. The predicted molar refractivity (Wildman–Crippen MR) is 154 cm³/mol. The molecule has 220 valence electrons. The molecule has 3 aromatic rings. The summed E-state index contributed by atoms with van der Waals surface area (Å²) >= 11 is 0. The Kier molecular flexibility index (Phi) is 9.66. The summed E-state index contributed by atoms with van der Waals surface area (Å²) in [6, 6.07) is 17.8. The molecule has 0 spiro atoms. The van der Waals surface area contributed by atoms with Crippen molar-refractivity contribution in [1.29, 1.82) is 0 Å². The Morgan fingerprint density at radius 3 is 1.71 bits per heavy atom. The minimum absolute atomic E-state index is 0.0398. The second-order valence-corrected chi connectivity index (χ2v) is 9.35. The first-order chi connectivity index (χ1) is 20.3. The van der Waals surface area contributed by atoms with Gasteiger partial charge < -0.3 is 46.3 Å². The highest BCUT2D eigenvalue weighted by atomic mass is 16.6. The normalized spacial score (nSPS) is 14.3. The number of hydrogen-bond donors (Lipinski definition) is 5. The standard InChI is InChI=1S/C29H32N6O7/c1-2-40-29(37)35-13-11-21(12-14-35)32-28(36)20-15-24(41-22-7-3-18(4-8-22)26(30)33-38)17-25(16-20)42-23-9-5-19(6-10-23)27(31)34-39/h3-10,15-17,21,38-39H,2,11-14H2,1H3,(H2,30,33)(H2,31,34)(H,32,36). The Morgan fingerprint density at radius 1 is 0.810 bits per heavy atom. The molecule has 42 heavy (non-hydrogen) atoms. The average molecular weight is 577 g/mol. The number of carbonyl (C=O) groups excluding carboxylic acids is 2. The Balaban J connectivity index is 1.53. The number of hydrogen-bond acceptors (Lipinski definition) is 9. The maximum Gasteiger partial charge on any atom is 0.409 e. The quantitative estimate of drug-likeness (QED) is 0.109. The SMILES string of the molecule is CCOC(=O)N1CCC(NC(=O)c2cc(Oc3ccc(/C(N)=N/O)cc3)cc(Oc3ccc(/C(N)=N/O)cc3)c2)CC1. The van der Waals surface area contributed by atoms with Gasteiger partial charge in [-0.3, -0.25) is 4.79 Å². The van der Waals surface area contributed by atoms with Gasteiger partial charge in [0.2, 0.25) is 0 Å². The molecule has 7 N–H and O–H groups in total. The summed E-state index contributed by atoms with van der Waals surface area (Å²) in [6.45, 7) is 3.02. The summed E-state index contributed by atoms with van der Waals surface area (Å²) in [7, 11) is 0. The highest BCUT2D eigenvalue weighted by Gasteiger charge is 2.25. The molecule has 1 saturated heterocycles. The molecule has 0 unspecified atom stereocenters. The van der Waals surface area contributed by atoms with Crippen molar-refractivity contribution < 1.29 is 34.2 Å². The van der Waals surface area contributed by atoms with Crippen LogP contribution in [-0.2, 0) is 4.74 Å². The van der Waals surface area contributed by atoms with Crippen LogP contribution >= 0.6 is 0 Å². The zero-order valence-electron chi connectivity index (χ0n) is 22.9. The Morgan fingerprint density at radius 2 is 1.29 bits per heavy atom. The maximum absolute atomic E-state index is 13.3. The molecule has 0 aromatic heterocycles. The van der Waals surface area contributed by atoms with E-state index >= 15 is 0 Å². The van der Waals surface area contributed by atoms with Gasteiger partial charge >= 0.3 is 6.09 Å². The van der Waals surface area contributed by atoms with Gasteiger partial charge in [-0.2, -0.15) is 0 Å². The lowest BCUT2D eigenvalue weighted by Gasteiger charge is -2.31. The van der Waals surface area contributed by atoms with E-state index < -0.39 is 0 Å². The van der Waals surface area contributed by atoms with Gasteiger partial charge in [-0.1, -0.05) is 10.3 Å². The minimum Gasteiger partial charge on any atom is -0.457 e. The van der Waals surface area contributed by atoms with Crippen molar-refractivity contribution in [3.8, 4) is 23.0 Å². The minimum atomic E-state index is -0.354. The van der Waals surface area contributed by atoms with Crippen LogP contribution in [0, 0.1) is 0 Å². The highest BCUT2D eigenvalue weighted by molar-refractivity contribution is 5.97. The van der Waals surface area contributed by atoms with Gasteiger partial charge in [0.1, 0.15) is 23.0 Å². The van der Waals surface area contributed by atoms with Crippen molar-refractivity contribution in [3.05, 3.63) is 83.4 Å². The molecular weight excluding hydrogens is 544 g/mol. The Bertz CT molecular complexity index is 1370. The third-order valence-electron chi connectivity index (χ3n) is 6.49. The van der Waals surface area contributed by atoms with Crippen LogP contribution in [0.25, 0.3) is 0 Å². The number of likely N-dealkylation sites (tertiary alicyclic amines) is 1. The second kappa shape index (κ2) is 13.7. The van der Waals surface area contributed by atoms with Crippen LogP contribution in [0.3, 0.4) is 0 Å². The van der Waals surface area contributed by atoms with E-state index in [1.54, 1.807) is 78.6 Å². The van der Waals surface area contributed by atoms with E-state index in [0.29, 0.717) is 72.2 Å². The zero-order valence-corrected chi connectivity index (χ0v) is 22.9. The lowest BCUT2D eigenvalue weighted by atomic mass is 10.0. The molecular formula is C29H32N6O7. The molecule has 3 aromatic carbocycles. The summed E-state index contributed by atoms with van der Waals surface area (Å²) in [4.78, 5) is 26.9. The van der Waals surface area contributed by atoms with E-state index in [4.69, 9.17) is 36.1 Å². The average Bonchev–Trinajstić information content (AvgIpc) is 3.01. The summed E-state index contributed by atoms with van der Waals surface area (Å²) in [5, 5.41) is 26.8. The number of nitrogens with zero attached hydrogens (tertiary/aromatic N) is 3. The van der Waals surface area contributed by atoms with Crippen molar-refractivity contribution in [3.63, 3.8) is 0 Å². The van der Waals surface area contributed by atoms with Crippen molar-refractivity contribution >= 4 is 23.7 Å². The smallest absolute Gasteiger partial charge is 0.409 e. The molecule has 0 radical (unpaired) electrons. The van der Waals surface area contributed by atoms with Crippen LogP contribution in [0.5, 0.6) is 23.0 Å². The van der Waals surface area contributed by atoms with E-state index in [1.165, 1.54) is 0 Å². The largest absolute Gasteiger partial charge is 0.457 e. The van der Waals surface area contributed by atoms with Gasteiger partial charge in [0.15, 0.2) is 11.7 Å². The van der Waals surface area contributed by atoms with E-state index in [9.17, 15) is 9.59 Å². The van der Waals surface area contributed by atoms with Gasteiger partial charge in [0.05, 0.1) is 6.61 Å². The number of rotatable bonds is 9. The van der Waals surface area contributed by atoms with Crippen molar-refractivity contribution in [2.75, 3.05) is 19.7 Å². The number of piperidine rings is 1. The Hall–Kier alpha value is -5.46. The van der Waals surface area contributed by atoms with Crippen molar-refractivity contribution in [2.24, 2.45) is 21.8 Å². The maximum atomic E-state index is 13.3. The van der Waals surface area contributed by atoms with Gasteiger partial charge in [-0.15, -0.1) is 0 Å². The highest BCUT2D eigenvalue weighted by Crippen LogP contribution is 2.31. The monoisotopic (exact) mass is 576 g/mol. The van der Waals surface area contributed by atoms with Crippen LogP contribution in [0.1, 0.15) is 41.3 Å². The molecule has 0 saturated carbocycles. The topological polar surface area (TPSA) is 194 Å². The molecule has 1 aliphatic rings. The number of nitrogens with two attached hydrogens (primary N) is 2. The molecule has 0 bridgehead atoms. The van der Waals surface area contributed by atoms with Gasteiger partial charge in [0.25, 0.3) is 5.91 Å². The van der Waals surface area contributed by atoms with Crippen LogP contribution in [0.15, 0.2) is 77.0 Å². The lowest BCUT2D eigenvalue weighted by Crippen LogP contribution is -2.46. The van der Waals surface area contributed by atoms with E-state index in [0.717, 1.165) is 0 Å². The van der Waals surface area contributed by atoms with E-state index in [1.807, 2.05) is 0 Å². The van der Waals surface area contributed by atoms with Crippen LogP contribution in [0.2, 0.25) is 0 Å². The summed E-state index contributed by atoms with van der Waals surface area (Å²) < 4.78 is 17.1. The lowest BCUT2D eigenvalue weighted by molar-refractivity contribution is 0.0859. The van der Waals surface area contributed by atoms with Crippen molar-refractivity contribution in [2.45, 2.75) is 25.8 Å². The first-order valence-electron chi connectivity index (χ1n) is 13.2. The number of amidine groups is 2. The molecule has 1 heterocycles. The summed E-state index contributed by atoms with van der Waals surface area (Å²) in [5.41, 5.74) is 12.6. The Labute approximate surface area is 241 Å². The van der Waals surface area contributed by atoms with Crippen LogP contribution in [0.4, 0.5) is 4.79 Å². The number of ether oxygens (including phenoxy) is 3. The van der Waals surface area contributed by atoms with Crippen LogP contribution < -0.4 is 26.3 Å². The van der Waals surface area contributed by atoms with E-state index in [-0.39, 0.29) is 29.7 Å². The molecule has 0 aliphatic carbocycles. The third-order valence-corrected chi connectivity index (χ3v) is 6.49. The number of amides is 2. The fourth-order valence-electron chi connectivity index (χ4n) is 4.29. The third kappa shape index (κ3) is 7.59. The molecule has 1 fully saturated rings. The number of nitrogens with one attached hydrogen (secondary N) is 1. The van der Waals surface area contributed by atoms with E-state index in [2.05, 4.69) is 15.6 Å². The molecule has 0 atom stereocenters. The first-order valence-corrected chi connectivity index (χ1v) is 13.2. The molecule has 4 rings (SSSR count). The van der Waals surface area contributed by atoms with Gasteiger partial charge in [-0.05, 0) is 80.4 Å². The fraction of sp³-hybridized carbons (Fsp3) is 0.241. The molecule has 13 heteroatoms. The number of carbonyl (C=O) groups is 2. The van der Waals surface area contributed by atoms with Gasteiger partial charge in [-0.25, -0.2) is 4.79 Å². The fourth-order valence-corrected chi connectivity index (χ4v) is 4.29. The molecule has 1 aliphatic heterocycles. The summed E-state index contributed by atoms with van der Waals surface area (Å²) in [5.74, 6) is 1.15. The molecule has 13 nitrogen and oxygen atoms in total. The summed E-state index contributed by atoms with van der Waals surface area (Å²) in [6.07, 6.45) is 0.819. The number of oxime groups is 2. The molecule has 2 amide bonds. The van der Waals surface area contributed by atoms with Gasteiger partial charge in [0, 0.05) is 41.9 Å². The second-order valence-electron chi connectivity index (χ2n) is 9.35. The van der Waals surface area contributed by atoms with Crippen molar-refractivity contribution in [1.82, 2.24) is 10.2 Å².